The molecule has 146 valence electrons. The number of piperidine rings is 1. The van der Waals surface area contributed by atoms with Crippen molar-refractivity contribution in [3.8, 4) is 5.75 Å². The number of aryl methyl sites for hydroxylation is 1. The molecule has 1 fully saturated rings. The van der Waals surface area contributed by atoms with Crippen molar-refractivity contribution in [3.05, 3.63) is 41.0 Å². The third-order valence-corrected chi connectivity index (χ3v) is 6.52. The second kappa shape index (κ2) is 7.75. The zero-order valence-electron chi connectivity index (χ0n) is 16.4. The Hall–Kier alpha value is -2.67. The van der Waals surface area contributed by atoms with E-state index in [1.807, 2.05) is 25.1 Å². The lowest BCUT2D eigenvalue weighted by Crippen LogP contribution is -2.33. The largest absolute Gasteiger partial charge is 0.497 e. The highest BCUT2D eigenvalue weighted by Crippen LogP contribution is 2.36. The summed E-state index contributed by atoms with van der Waals surface area (Å²) in [6.45, 7) is 6.27. The summed E-state index contributed by atoms with van der Waals surface area (Å²) in [6, 6.07) is 7.36. The van der Waals surface area contributed by atoms with Crippen molar-refractivity contribution in [3.63, 3.8) is 0 Å². The summed E-state index contributed by atoms with van der Waals surface area (Å²) in [4.78, 5) is 25.8. The molecule has 1 aliphatic rings. The number of ether oxygens (including phenoxy) is 1. The average Bonchev–Trinajstić information content (AvgIpc) is 3.06. The standard InChI is InChI=1S/C21H24N4O2S/c1-13-7-9-25(10-8-13)19-17-14(2)18(28-21(17)23-12-22-19)20(26)24-15-5-4-6-16(11-15)27-3/h4-6,11-13H,7-10H2,1-3H3,(H,24,26). The fourth-order valence-corrected chi connectivity index (χ4v) is 4.66. The van der Waals surface area contributed by atoms with Crippen LogP contribution in [0.25, 0.3) is 10.2 Å². The van der Waals surface area contributed by atoms with Crippen LogP contribution < -0.4 is 15.0 Å². The Morgan fingerprint density at radius 1 is 1.29 bits per heavy atom. The maximum absolute atomic E-state index is 12.9. The summed E-state index contributed by atoms with van der Waals surface area (Å²) in [5, 5.41) is 3.97. The lowest BCUT2D eigenvalue weighted by Gasteiger charge is -2.31. The first-order chi connectivity index (χ1) is 13.6. The number of hydrogen-bond donors (Lipinski definition) is 1. The highest BCUT2D eigenvalue weighted by atomic mass is 32.1. The van der Waals surface area contributed by atoms with Crippen molar-refractivity contribution >= 4 is 39.0 Å². The number of methoxy groups -OCH3 is 1. The van der Waals surface area contributed by atoms with Gasteiger partial charge >= 0.3 is 0 Å². The summed E-state index contributed by atoms with van der Waals surface area (Å²) in [7, 11) is 1.61. The normalized spacial score (nSPS) is 15.0. The first-order valence-corrected chi connectivity index (χ1v) is 10.3. The molecule has 0 atom stereocenters. The summed E-state index contributed by atoms with van der Waals surface area (Å²) in [5.41, 5.74) is 1.65. The molecule has 1 aromatic carbocycles. The van der Waals surface area contributed by atoms with Gasteiger partial charge in [0.1, 0.15) is 22.7 Å². The lowest BCUT2D eigenvalue weighted by molar-refractivity contribution is 0.103. The topological polar surface area (TPSA) is 67.3 Å². The van der Waals surface area contributed by atoms with Crippen molar-refractivity contribution < 1.29 is 9.53 Å². The summed E-state index contributed by atoms with van der Waals surface area (Å²) >= 11 is 1.42. The number of nitrogens with one attached hydrogen (secondary N) is 1. The quantitative estimate of drug-likeness (QED) is 0.703. The Labute approximate surface area is 168 Å². The number of carbonyl (C=O) groups excluding carboxylic acids is 1. The van der Waals surface area contributed by atoms with Crippen molar-refractivity contribution in [2.45, 2.75) is 26.7 Å². The molecule has 1 aliphatic heterocycles. The summed E-state index contributed by atoms with van der Waals surface area (Å²) < 4.78 is 5.23. The van der Waals surface area contributed by atoms with E-state index in [9.17, 15) is 4.79 Å². The van der Waals surface area contributed by atoms with E-state index in [4.69, 9.17) is 4.74 Å². The van der Waals surface area contributed by atoms with E-state index in [1.165, 1.54) is 11.3 Å². The molecule has 1 amide bonds. The van der Waals surface area contributed by atoms with E-state index in [0.717, 1.165) is 53.4 Å². The molecule has 0 bridgehead atoms. The number of anilines is 2. The SMILES string of the molecule is COc1cccc(NC(=O)c2sc3ncnc(N4CCC(C)CC4)c3c2C)c1. The molecule has 7 heteroatoms. The highest BCUT2D eigenvalue weighted by Gasteiger charge is 2.24. The predicted molar refractivity (Wildman–Crippen MR) is 114 cm³/mol. The Balaban J connectivity index is 1.65. The van der Waals surface area contributed by atoms with Gasteiger partial charge in [0.15, 0.2) is 0 Å². The molecule has 1 saturated heterocycles. The smallest absolute Gasteiger partial charge is 0.266 e. The number of aromatic nitrogens is 2. The Bertz CT molecular complexity index is 1010. The van der Waals surface area contributed by atoms with Crippen LogP contribution >= 0.6 is 11.3 Å². The van der Waals surface area contributed by atoms with E-state index in [2.05, 4.69) is 27.1 Å². The number of amides is 1. The molecular formula is C21H24N4O2S. The van der Waals surface area contributed by atoms with Crippen LogP contribution in [-0.4, -0.2) is 36.1 Å². The van der Waals surface area contributed by atoms with Crippen LogP contribution in [0.15, 0.2) is 30.6 Å². The molecule has 6 nitrogen and oxygen atoms in total. The second-order valence-electron chi connectivity index (χ2n) is 7.29. The van der Waals surface area contributed by atoms with Crippen LogP contribution in [0.3, 0.4) is 0 Å². The molecule has 1 N–H and O–H groups in total. The number of rotatable bonds is 4. The lowest BCUT2D eigenvalue weighted by atomic mass is 9.99. The van der Waals surface area contributed by atoms with Gasteiger partial charge in [-0.2, -0.15) is 0 Å². The van der Waals surface area contributed by atoms with Crippen molar-refractivity contribution in [1.82, 2.24) is 9.97 Å². The van der Waals surface area contributed by atoms with Crippen LogP contribution in [-0.2, 0) is 0 Å². The fraction of sp³-hybridized carbons (Fsp3) is 0.381. The molecule has 3 aromatic rings. The first-order valence-electron chi connectivity index (χ1n) is 9.51. The van der Waals surface area contributed by atoms with Gasteiger partial charge in [0, 0.05) is 24.8 Å². The van der Waals surface area contributed by atoms with Gasteiger partial charge in [-0.3, -0.25) is 4.79 Å². The van der Waals surface area contributed by atoms with E-state index in [0.29, 0.717) is 16.3 Å². The van der Waals surface area contributed by atoms with E-state index in [1.54, 1.807) is 19.5 Å². The van der Waals surface area contributed by atoms with Crippen LogP contribution in [0.1, 0.15) is 35.0 Å². The van der Waals surface area contributed by atoms with Crippen LogP contribution in [0.5, 0.6) is 5.75 Å². The monoisotopic (exact) mass is 396 g/mol. The molecule has 0 spiro atoms. The zero-order valence-corrected chi connectivity index (χ0v) is 17.2. The molecule has 28 heavy (non-hydrogen) atoms. The number of fused-ring (bicyclic) bond motifs is 1. The molecule has 4 rings (SSSR count). The molecule has 0 radical (unpaired) electrons. The summed E-state index contributed by atoms with van der Waals surface area (Å²) in [6.07, 6.45) is 3.94. The van der Waals surface area contributed by atoms with Gasteiger partial charge in [-0.25, -0.2) is 9.97 Å². The van der Waals surface area contributed by atoms with Gasteiger partial charge in [0.05, 0.1) is 17.4 Å². The second-order valence-corrected chi connectivity index (χ2v) is 8.29. The zero-order chi connectivity index (χ0) is 19.7. The van der Waals surface area contributed by atoms with Crippen molar-refractivity contribution in [2.24, 2.45) is 5.92 Å². The number of nitrogens with zero attached hydrogens (tertiary/aromatic N) is 3. The molecule has 0 aliphatic carbocycles. The van der Waals surface area contributed by atoms with E-state index >= 15 is 0 Å². The highest BCUT2D eigenvalue weighted by molar-refractivity contribution is 7.20. The van der Waals surface area contributed by atoms with E-state index < -0.39 is 0 Å². The van der Waals surface area contributed by atoms with Gasteiger partial charge in [0.2, 0.25) is 0 Å². The number of hydrogen-bond acceptors (Lipinski definition) is 6. The fourth-order valence-electron chi connectivity index (χ4n) is 3.62. The third kappa shape index (κ3) is 3.54. The van der Waals surface area contributed by atoms with Crippen molar-refractivity contribution in [2.75, 3.05) is 30.4 Å². The minimum absolute atomic E-state index is 0.132. The minimum Gasteiger partial charge on any atom is -0.497 e. The number of thiophene rings is 1. The summed E-state index contributed by atoms with van der Waals surface area (Å²) in [5.74, 6) is 2.28. The maximum atomic E-state index is 12.9. The number of carbonyl (C=O) groups is 1. The van der Waals surface area contributed by atoms with Gasteiger partial charge in [-0.1, -0.05) is 13.0 Å². The first kappa shape index (κ1) is 18.7. The predicted octanol–water partition coefficient (Wildman–Crippen LogP) is 4.50. The Morgan fingerprint density at radius 2 is 2.07 bits per heavy atom. The van der Waals surface area contributed by atoms with Gasteiger partial charge in [0.25, 0.3) is 5.91 Å². The molecular weight excluding hydrogens is 372 g/mol. The van der Waals surface area contributed by atoms with Gasteiger partial charge in [-0.15, -0.1) is 11.3 Å². The van der Waals surface area contributed by atoms with Crippen LogP contribution in [0.2, 0.25) is 0 Å². The number of benzene rings is 1. The van der Waals surface area contributed by atoms with E-state index in [-0.39, 0.29) is 5.91 Å². The maximum Gasteiger partial charge on any atom is 0.266 e. The molecule has 2 aromatic heterocycles. The average molecular weight is 397 g/mol. The molecule has 0 unspecified atom stereocenters. The van der Waals surface area contributed by atoms with Crippen molar-refractivity contribution in [1.29, 1.82) is 0 Å². The van der Waals surface area contributed by atoms with Gasteiger partial charge in [-0.05, 0) is 43.4 Å². The Morgan fingerprint density at radius 3 is 2.82 bits per heavy atom. The Kier molecular flexibility index (Phi) is 5.17. The third-order valence-electron chi connectivity index (χ3n) is 5.32. The van der Waals surface area contributed by atoms with Crippen LogP contribution in [0, 0.1) is 12.8 Å². The van der Waals surface area contributed by atoms with Gasteiger partial charge < -0.3 is 15.0 Å². The minimum atomic E-state index is -0.132. The molecule has 0 saturated carbocycles. The van der Waals surface area contributed by atoms with Crippen LogP contribution in [0.4, 0.5) is 11.5 Å². The molecule has 3 heterocycles.